The second-order valence-corrected chi connectivity index (χ2v) is 8.97. The van der Waals surface area contributed by atoms with E-state index in [9.17, 15) is 9.59 Å². The SMILES string of the molecule is O=C(CN1CCCC(c2ccccc2)(c2ccccc2)C1=O)N1C[C@@H]2CN[C@@H](C2)C1. The van der Waals surface area contributed by atoms with Crippen molar-refractivity contribution in [3.8, 4) is 0 Å². The minimum atomic E-state index is -0.719. The molecule has 3 saturated heterocycles. The van der Waals surface area contributed by atoms with Crippen LogP contribution in [0.1, 0.15) is 30.4 Å². The van der Waals surface area contributed by atoms with Crippen LogP contribution in [-0.4, -0.2) is 60.4 Å². The first-order chi connectivity index (χ1) is 14.7. The number of fused-ring (bicyclic) bond motifs is 2. The molecule has 2 bridgehead atoms. The number of benzene rings is 2. The molecule has 3 fully saturated rings. The first-order valence-corrected chi connectivity index (χ1v) is 11.1. The number of hydrogen-bond donors (Lipinski definition) is 1. The number of nitrogens with one attached hydrogen (secondary N) is 1. The summed E-state index contributed by atoms with van der Waals surface area (Å²) in [7, 11) is 0. The Hall–Kier alpha value is -2.66. The highest BCUT2D eigenvalue weighted by Crippen LogP contribution is 2.41. The van der Waals surface area contributed by atoms with Gasteiger partial charge in [0.15, 0.2) is 0 Å². The number of hydrogen-bond acceptors (Lipinski definition) is 3. The number of piperidine rings is 2. The average Bonchev–Trinajstić information content (AvgIpc) is 3.13. The van der Waals surface area contributed by atoms with Gasteiger partial charge in [-0.3, -0.25) is 9.59 Å². The number of nitrogens with zero attached hydrogens (tertiary/aromatic N) is 2. The van der Waals surface area contributed by atoms with Crippen molar-refractivity contribution < 1.29 is 9.59 Å². The van der Waals surface area contributed by atoms with E-state index in [2.05, 4.69) is 5.32 Å². The molecule has 0 unspecified atom stereocenters. The van der Waals surface area contributed by atoms with E-state index in [4.69, 9.17) is 0 Å². The first-order valence-electron chi connectivity index (χ1n) is 11.1. The van der Waals surface area contributed by atoms with Gasteiger partial charge in [0.2, 0.25) is 11.8 Å². The fourth-order valence-electron chi connectivity index (χ4n) is 5.61. The molecule has 1 N–H and O–H groups in total. The predicted octanol–water partition coefficient (Wildman–Crippen LogP) is 2.42. The molecule has 0 aliphatic carbocycles. The summed E-state index contributed by atoms with van der Waals surface area (Å²) in [4.78, 5) is 30.8. The minimum absolute atomic E-state index is 0.0533. The van der Waals surface area contributed by atoms with Crippen molar-refractivity contribution in [2.45, 2.75) is 30.7 Å². The molecule has 2 atom stereocenters. The number of amides is 2. The molecule has 2 aromatic rings. The summed E-state index contributed by atoms with van der Waals surface area (Å²) in [6.45, 7) is 3.40. The van der Waals surface area contributed by atoms with Crippen LogP contribution >= 0.6 is 0 Å². The van der Waals surface area contributed by atoms with E-state index in [1.807, 2.05) is 65.6 Å². The lowest BCUT2D eigenvalue weighted by Gasteiger charge is -2.43. The van der Waals surface area contributed by atoms with Crippen molar-refractivity contribution in [1.82, 2.24) is 15.1 Å². The Morgan fingerprint density at radius 1 is 1.00 bits per heavy atom. The van der Waals surface area contributed by atoms with E-state index in [1.165, 1.54) is 0 Å². The molecular weight excluding hydrogens is 374 g/mol. The Morgan fingerprint density at radius 3 is 2.30 bits per heavy atom. The van der Waals surface area contributed by atoms with Gasteiger partial charge in [-0.2, -0.15) is 0 Å². The lowest BCUT2D eigenvalue weighted by atomic mass is 9.68. The van der Waals surface area contributed by atoms with Gasteiger partial charge in [-0.15, -0.1) is 0 Å². The van der Waals surface area contributed by atoms with Crippen LogP contribution in [0.25, 0.3) is 0 Å². The van der Waals surface area contributed by atoms with E-state index in [1.54, 1.807) is 4.90 Å². The normalized spacial score (nSPS) is 25.4. The summed E-state index contributed by atoms with van der Waals surface area (Å²) in [6, 6.07) is 20.5. The summed E-state index contributed by atoms with van der Waals surface area (Å²) in [5, 5.41) is 3.50. The summed E-state index contributed by atoms with van der Waals surface area (Å²) < 4.78 is 0. The maximum absolute atomic E-state index is 14.0. The van der Waals surface area contributed by atoms with Gasteiger partial charge in [0, 0.05) is 32.2 Å². The van der Waals surface area contributed by atoms with Gasteiger partial charge in [0.25, 0.3) is 0 Å². The zero-order chi connectivity index (χ0) is 20.6. The molecule has 5 rings (SSSR count). The Morgan fingerprint density at radius 2 is 1.67 bits per heavy atom. The maximum Gasteiger partial charge on any atom is 0.242 e. The molecule has 0 spiro atoms. The van der Waals surface area contributed by atoms with Crippen LogP contribution in [0.15, 0.2) is 60.7 Å². The van der Waals surface area contributed by atoms with Crippen LogP contribution in [0.2, 0.25) is 0 Å². The Kier molecular flexibility index (Phi) is 5.07. The van der Waals surface area contributed by atoms with Gasteiger partial charge in [0.1, 0.15) is 0 Å². The molecule has 30 heavy (non-hydrogen) atoms. The fraction of sp³-hybridized carbons (Fsp3) is 0.440. The van der Waals surface area contributed by atoms with Gasteiger partial charge in [-0.05, 0) is 36.3 Å². The molecule has 0 saturated carbocycles. The van der Waals surface area contributed by atoms with Gasteiger partial charge in [-0.1, -0.05) is 60.7 Å². The lowest BCUT2D eigenvalue weighted by molar-refractivity contribution is -0.146. The average molecular weight is 404 g/mol. The minimum Gasteiger partial charge on any atom is -0.339 e. The van der Waals surface area contributed by atoms with Crippen LogP contribution < -0.4 is 5.32 Å². The quantitative estimate of drug-likeness (QED) is 0.853. The Balaban J connectivity index is 1.42. The largest absolute Gasteiger partial charge is 0.339 e. The van der Waals surface area contributed by atoms with Crippen molar-refractivity contribution in [2.75, 3.05) is 32.7 Å². The zero-order valence-corrected chi connectivity index (χ0v) is 17.3. The fourth-order valence-corrected chi connectivity index (χ4v) is 5.61. The van der Waals surface area contributed by atoms with Crippen molar-refractivity contribution in [3.05, 3.63) is 71.8 Å². The van der Waals surface area contributed by atoms with Crippen LogP contribution in [-0.2, 0) is 15.0 Å². The zero-order valence-electron chi connectivity index (χ0n) is 17.3. The molecule has 5 heteroatoms. The highest BCUT2D eigenvalue weighted by molar-refractivity contribution is 5.95. The van der Waals surface area contributed by atoms with E-state index in [0.29, 0.717) is 18.5 Å². The van der Waals surface area contributed by atoms with Crippen LogP contribution in [0.5, 0.6) is 0 Å². The smallest absolute Gasteiger partial charge is 0.242 e. The Bertz CT molecular complexity index is 863. The van der Waals surface area contributed by atoms with E-state index in [0.717, 1.165) is 50.0 Å². The third-order valence-corrected chi connectivity index (χ3v) is 7.08. The van der Waals surface area contributed by atoms with Crippen molar-refractivity contribution in [2.24, 2.45) is 5.92 Å². The number of rotatable bonds is 4. The van der Waals surface area contributed by atoms with Crippen LogP contribution in [0, 0.1) is 5.92 Å². The van der Waals surface area contributed by atoms with E-state index >= 15 is 0 Å². The molecule has 0 radical (unpaired) electrons. The van der Waals surface area contributed by atoms with Crippen molar-refractivity contribution in [3.63, 3.8) is 0 Å². The maximum atomic E-state index is 14.0. The Labute approximate surface area is 178 Å². The summed E-state index contributed by atoms with van der Waals surface area (Å²) in [5.41, 5.74) is 1.31. The predicted molar refractivity (Wildman–Crippen MR) is 116 cm³/mol. The van der Waals surface area contributed by atoms with Crippen LogP contribution in [0.3, 0.4) is 0 Å². The molecule has 3 heterocycles. The number of carbonyl (C=O) groups is 2. The summed E-state index contributed by atoms with van der Waals surface area (Å²) in [6.07, 6.45) is 2.81. The highest BCUT2D eigenvalue weighted by atomic mass is 16.2. The highest BCUT2D eigenvalue weighted by Gasteiger charge is 2.47. The van der Waals surface area contributed by atoms with Crippen molar-refractivity contribution in [1.29, 1.82) is 0 Å². The second-order valence-electron chi connectivity index (χ2n) is 8.97. The second kappa shape index (κ2) is 7.88. The molecule has 2 amide bonds. The van der Waals surface area contributed by atoms with E-state index < -0.39 is 5.41 Å². The first kappa shape index (κ1) is 19.3. The molecule has 156 valence electrons. The summed E-state index contributed by atoms with van der Waals surface area (Å²) >= 11 is 0. The molecule has 5 nitrogen and oxygen atoms in total. The number of likely N-dealkylation sites (tertiary alicyclic amines) is 2. The molecule has 3 aliphatic rings. The third kappa shape index (κ3) is 3.31. The molecular formula is C25H29N3O2. The van der Waals surface area contributed by atoms with Gasteiger partial charge in [-0.25, -0.2) is 0 Å². The lowest BCUT2D eigenvalue weighted by Crippen LogP contribution is -2.56. The van der Waals surface area contributed by atoms with Gasteiger partial charge < -0.3 is 15.1 Å². The van der Waals surface area contributed by atoms with Crippen molar-refractivity contribution >= 4 is 11.8 Å². The standard InChI is InChI=1S/C25H29N3O2/c29-23(28-16-19-14-22(17-28)26-15-19)18-27-13-7-12-25(24(27)30,20-8-3-1-4-9-20)21-10-5-2-6-11-21/h1-6,8-11,19,22,26H,7,12-18H2/t19-,22-/m0/s1. The van der Waals surface area contributed by atoms with Crippen LogP contribution in [0.4, 0.5) is 0 Å². The van der Waals surface area contributed by atoms with Gasteiger partial charge >= 0.3 is 0 Å². The molecule has 0 aromatic heterocycles. The monoisotopic (exact) mass is 403 g/mol. The molecule has 3 aliphatic heterocycles. The van der Waals surface area contributed by atoms with Gasteiger partial charge in [0.05, 0.1) is 12.0 Å². The summed E-state index contributed by atoms with van der Waals surface area (Å²) in [5.74, 6) is 0.689. The third-order valence-electron chi connectivity index (χ3n) is 7.08. The number of carbonyl (C=O) groups excluding carboxylic acids is 2. The van der Waals surface area contributed by atoms with E-state index in [-0.39, 0.29) is 18.4 Å². The topological polar surface area (TPSA) is 52.7 Å². The molecule has 2 aromatic carbocycles.